The van der Waals surface area contributed by atoms with Crippen molar-refractivity contribution in [2.45, 2.75) is 45.2 Å². The number of carbonyl (C=O) groups excluding carboxylic acids is 1. The molecule has 24 heavy (non-hydrogen) atoms. The zero-order valence-electron chi connectivity index (χ0n) is 14.7. The molecule has 0 saturated heterocycles. The van der Waals surface area contributed by atoms with E-state index in [2.05, 4.69) is 54.5 Å². The van der Waals surface area contributed by atoms with Crippen LogP contribution in [0.4, 0.5) is 4.79 Å². The first-order valence-corrected chi connectivity index (χ1v) is 8.57. The summed E-state index contributed by atoms with van der Waals surface area (Å²) in [5.74, 6) is 0. The van der Waals surface area contributed by atoms with Crippen molar-refractivity contribution in [2.24, 2.45) is 0 Å². The second kappa shape index (κ2) is 6.63. The Morgan fingerprint density at radius 3 is 2.67 bits per heavy atom. The average molecular weight is 323 g/mol. The highest BCUT2D eigenvalue weighted by atomic mass is 16.2. The van der Waals surface area contributed by atoms with Crippen molar-refractivity contribution in [2.75, 3.05) is 7.05 Å². The molecule has 1 aromatic carbocycles. The van der Waals surface area contributed by atoms with Crippen LogP contribution in [0, 0.1) is 6.92 Å². The lowest BCUT2D eigenvalue weighted by atomic mass is 10.0. The topological polar surface area (TPSA) is 45.2 Å². The summed E-state index contributed by atoms with van der Waals surface area (Å²) in [5.41, 5.74) is 4.36. The van der Waals surface area contributed by atoms with Crippen LogP contribution in [0.1, 0.15) is 42.1 Å². The highest BCUT2D eigenvalue weighted by molar-refractivity contribution is 5.75. The summed E-state index contributed by atoms with van der Waals surface area (Å²) < 4.78 is 0. The van der Waals surface area contributed by atoms with Gasteiger partial charge < -0.3 is 10.2 Å². The zero-order valence-corrected chi connectivity index (χ0v) is 14.7. The molecule has 3 rings (SSSR count). The van der Waals surface area contributed by atoms with Gasteiger partial charge in [0.2, 0.25) is 0 Å². The van der Waals surface area contributed by atoms with Gasteiger partial charge in [0, 0.05) is 13.2 Å². The van der Waals surface area contributed by atoms with Gasteiger partial charge in [-0.05, 0) is 43.4 Å². The molecule has 0 spiro atoms. The molecule has 2 aromatic rings. The van der Waals surface area contributed by atoms with E-state index in [4.69, 9.17) is 0 Å². The van der Waals surface area contributed by atoms with Crippen LogP contribution in [-0.4, -0.2) is 23.0 Å². The Hall–Kier alpha value is -2.36. The second-order valence-corrected chi connectivity index (χ2v) is 6.75. The summed E-state index contributed by atoms with van der Waals surface area (Å²) in [6.07, 6.45) is 4.86. The first-order valence-electron chi connectivity index (χ1n) is 8.57. The van der Waals surface area contributed by atoms with Gasteiger partial charge in [-0.25, -0.2) is 4.79 Å². The number of rotatable bonds is 5. The van der Waals surface area contributed by atoms with Crippen LogP contribution in [0.2, 0.25) is 0 Å². The number of nitrogens with zero attached hydrogens (tertiary/aromatic N) is 2. The van der Waals surface area contributed by atoms with Crippen molar-refractivity contribution in [3.8, 4) is 0 Å². The maximum atomic E-state index is 12.6. The van der Waals surface area contributed by atoms with Gasteiger partial charge >= 0.3 is 6.03 Å². The number of aryl methyl sites for hydroxylation is 2. The largest absolute Gasteiger partial charge is 0.328 e. The Kier molecular flexibility index (Phi) is 4.56. The van der Waals surface area contributed by atoms with Crippen molar-refractivity contribution in [1.29, 1.82) is 0 Å². The predicted molar refractivity (Wildman–Crippen MR) is 95.7 cm³/mol. The van der Waals surface area contributed by atoms with Gasteiger partial charge in [0.05, 0.1) is 17.8 Å². The van der Waals surface area contributed by atoms with Gasteiger partial charge in [0.15, 0.2) is 0 Å². The van der Waals surface area contributed by atoms with E-state index in [1.165, 1.54) is 16.7 Å². The molecular weight excluding hydrogens is 298 g/mol. The van der Waals surface area contributed by atoms with Crippen LogP contribution in [-0.2, 0) is 18.5 Å². The van der Waals surface area contributed by atoms with Crippen LogP contribution in [0.5, 0.6) is 0 Å². The Morgan fingerprint density at radius 1 is 1.29 bits per heavy atom. The van der Waals surface area contributed by atoms with Crippen LogP contribution in [0.25, 0.3) is 0 Å². The van der Waals surface area contributed by atoms with Gasteiger partial charge in [0.25, 0.3) is 0 Å². The standard InChI is InChI=1S/C20H25N3O/c1-4-16-8-9-18(21-13-16)14-23(3)19(24)22-20(10-11-20)17-7-5-6-15(2)12-17/h5-9,12-13H,4,10-11,14H2,1-3H3,(H,22,24). The van der Waals surface area contributed by atoms with E-state index in [0.717, 1.165) is 25.0 Å². The summed E-state index contributed by atoms with van der Waals surface area (Å²) in [4.78, 5) is 18.7. The molecule has 0 atom stereocenters. The van der Waals surface area contributed by atoms with Gasteiger partial charge in [-0.2, -0.15) is 0 Å². The molecule has 2 amide bonds. The number of pyridine rings is 1. The van der Waals surface area contributed by atoms with Crippen molar-refractivity contribution in [3.63, 3.8) is 0 Å². The quantitative estimate of drug-likeness (QED) is 0.910. The molecule has 1 aliphatic rings. The molecule has 0 bridgehead atoms. The van der Waals surface area contributed by atoms with E-state index >= 15 is 0 Å². The molecule has 0 aliphatic heterocycles. The molecule has 4 nitrogen and oxygen atoms in total. The Balaban J connectivity index is 1.63. The summed E-state index contributed by atoms with van der Waals surface area (Å²) in [7, 11) is 1.82. The minimum Gasteiger partial charge on any atom is -0.328 e. The molecule has 1 heterocycles. The minimum absolute atomic E-state index is 0.0459. The number of hydrogen-bond donors (Lipinski definition) is 1. The molecule has 0 unspecified atom stereocenters. The van der Waals surface area contributed by atoms with E-state index in [-0.39, 0.29) is 11.6 Å². The molecule has 0 radical (unpaired) electrons. The number of aromatic nitrogens is 1. The number of urea groups is 1. The molecule has 1 fully saturated rings. The number of hydrogen-bond acceptors (Lipinski definition) is 2. The molecule has 126 valence electrons. The molecule has 1 saturated carbocycles. The van der Waals surface area contributed by atoms with Gasteiger partial charge in [-0.1, -0.05) is 42.8 Å². The highest BCUT2D eigenvalue weighted by Gasteiger charge is 2.46. The summed E-state index contributed by atoms with van der Waals surface area (Å²) in [6, 6.07) is 12.4. The van der Waals surface area contributed by atoms with Crippen LogP contribution < -0.4 is 5.32 Å². The fourth-order valence-electron chi connectivity index (χ4n) is 2.93. The maximum absolute atomic E-state index is 12.6. The third-order valence-electron chi connectivity index (χ3n) is 4.71. The Morgan fingerprint density at radius 2 is 2.08 bits per heavy atom. The molecule has 1 N–H and O–H groups in total. The Bertz CT molecular complexity index is 720. The monoisotopic (exact) mass is 323 g/mol. The maximum Gasteiger partial charge on any atom is 0.318 e. The predicted octanol–water partition coefficient (Wildman–Crippen LogP) is 3.78. The molecule has 4 heteroatoms. The average Bonchev–Trinajstić information content (AvgIpc) is 3.36. The van der Waals surface area contributed by atoms with E-state index in [1.54, 1.807) is 4.90 Å². The van der Waals surface area contributed by atoms with Crippen molar-refractivity contribution < 1.29 is 4.79 Å². The second-order valence-electron chi connectivity index (χ2n) is 6.75. The normalized spacial score (nSPS) is 15.0. The van der Waals surface area contributed by atoms with Gasteiger partial charge in [0.1, 0.15) is 0 Å². The van der Waals surface area contributed by atoms with Crippen LogP contribution >= 0.6 is 0 Å². The SMILES string of the molecule is CCc1ccc(CN(C)C(=O)NC2(c3cccc(C)c3)CC2)nc1. The molecular formula is C20H25N3O. The Labute approximate surface area is 143 Å². The highest BCUT2D eigenvalue weighted by Crippen LogP contribution is 2.45. The smallest absolute Gasteiger partial charge is 0.318 e. The van der Waals surface area contributed by atoms with Crippen molar-refractivity contribution >= 4 is 6.03 Å². The van der Waals surface area contributed by atoms with Crippen molar-refractivity contribution in [1.82, 2.24) is 15.2 Å². The fourth-order valence-corrected chi connectivity index (χ4v) is 2.93. The number of benzene rings is 1. The number of nitrogens with one attached hydrogen (secondary N) is 1. The molecule has 1 aliphatic carbocycles. The molecule has 1 aromatic heterocycles. The van der Waals surface area contributed by atoms with E-state index in [0.29, 0.717) is 6.54 Å². The van der Waals surface area contributed by atoms with Crippen LogP contribution in [0.3, 0.4) is 0 Å². The van der Waals surface area contributed by atoms with Crippen molar-refractivity contribution in [3.05, 3.63) is 65.0 Å². The van der Waals surface area contributed by atoms with Gasteiger partial charge in [-0.15, -0.1) is 0 Å². The summed E-state index contributed by atoms with van der Waals surface area (Å²) in [5, 5.41) is 3.21. The third-order valence-corrected chi connectivity index (χ3v) is 4.71. The van der Waals surface area contributed by atoms with E-state index < -0.39 is 0 Å². The fraction of sp³-hybridized carbons (Fsp3) is 0.400. The van der Waals surface area contributed by atoms with Crippen LogP contribution in [0.15, 0.2) is 42.6 Å². The van der Waals surface area contributed by atoms with E-state index in [9.17, 15) is 4.79 Å². The lowest BCUT2D eigenvalue weighted by Crippen LogP contribution is -2.43. The first-order chi connectivity index (χ1) is 11.5. The summed E-state index contributed by atoms with van der Waals surface area (Å²) >= 11 is 0. The lowest BCUT2D eigenvalue weighted by molar-refractivity contribution is 0.200. The zero-order chi connectivity index (χ0) is 17.2. The first kappa shape index (κ1) is 16.5. The number of amides is 2. The van der Waals surface area contributed by atoms with E-state index in [1.807, 2.05) is 19.3 Å². The lowest BCUT2D eigenvalue weighted by Gasteiger charge is -2.24. The minimum atomic E-state index is -0.184. The van der Waals surface area contributed by atoms with Gasteiger partial charge in [-0.3, -0.25) is 4.98 Å². The number of carbonyl (C=O) groups is 1. The third kappa shape index (κ3) is 3.58. The summed E-state index contributed by atoms with van der Waals surface area (Å²) in [6.45, 7) is 4.70.